The largest absolute Gasteiger partial charge is 0.466 e. The van der Waals surface area contributed by atoms with E-state index in [4.69, 9.17) is 5.73 Å². The Balaban J connectivity index is 2.56. The summed E-state index contributed by atoms with van der Waals surface area (Å²) < 4.78 is 4.68. The maximum absolute atomic E-state index is 11.3. The van der Waals surface area contributed by atoms with E-state index in [1.54, 1.807) is 0 Å². The highest BCUT2D eigenvalue weighted by Crippen LogP contribution is 2.22. The molecule has 0 bridgehead atoms. The summed E-state index contributed by atoms with van der Waals surface area (Å²) >= 11 is 0. The Kier molecular flexibility index (Phi) is 5.26. The molecule has 0 amide bonds. The molecule has 2 N–H and O–H groups in total. The fraction of sp³-hybridized carbons (Fsp3) is 0.615. The van der Waals surface area contributed by atoms with Crippen LogP contribution in [0.1, 0.15) is 39.0 Å². The molecule has 1 rings (SSSR count). The highest BCUT2D eigenvalue weighted by molar-refractivity contribution is 5.89. The molecule has 0 aromatic rings. The molecule has 0 fully saturated rings. The van der Waals surface area contributed by atoms with Gasteiger partial charge in [0.05, 0.1) is 7.11 Å². The van der Waals surface area contributed by atoms with Crippen LogP contribution in [0.3, 0.4) is 0 Å². The van der Waals surface area contributed by atoms with Crippen LogP contribution in [0.4, 0.5) is 0 Å². The maximum Gasteiger partial charge on any atom is 0.333 e. The van der Waals surface area contributed by atoms with Gasteiger partial charge in [0, 0.05) is 11.6 Å². The van der Waals surface area contributed by atoms with E-state index in [9.17, 15) is 4.79 Å². The molecule has 0 aromatic carbocycles. The molecule has 0 spiro atoms. The summed E-state index contributed by atoms with van der Waals surface area (Å²) in [6, 6.07) is 0.149. The van der Waals surface area contributed by atoms with Crippen molar-refractivity contribution in [3.63, 3.8) is 0 Å². The number of hydrogen-bond donors (Lipinski definition) is 1. The number of ether oxygens (including phenoxy) is 1. The van der Waals surface area contributed by atoms with E-state index >= 15 is 0 Å². The predicted molar refractivity (Wildman–Crippen MR) is 64.9 cm³/mol. The van der Waals surface area contributed by atoms with E-state index < -0.39 is 0 Å². The van der Waals surface area contributed by atoms with E-state index in [1.807, 2.05) is 12.2 Å². The lowest BCUT2D eigenvalue weighted by molar-refractivity contribution is -0.136. The first kappa shape index (κ1) is 13.0. The third-order valence-corrected chi connectivity index (χ3v) is 2.97. The quantitative estimate of drug-likeness (QED) is 0.728. The zero-order chi connectivity index (χ0) is 12.0. The van der Waals surface area contributed by atoms with Gasteiger partial charge in [0.1, 0.15) is 0 Å². The fourth-order valence-electron chi connectivity index (χ4n) is 1.87. The Morgan fingerprint density at radius 1 is 1.50 bits per heavy atom. The topological polar surface area (TPSA) is 52.3 Å². The fourth-order valence-corrected chi connectivity index (χ4v) is 1.87. The summed E-state index contributed by atoms with van der Waals surface area (Å²) in [7, 11) is 1.41. The van der Waals surface area contributed by atoms with Crippen LogP contribution in [0.25, 0.3) is 0 Å². The zero-order valence-corrected chi connectivity index (χ0v) is 10.2. The van der Waals surface area contributed by atoms with Crippen molar-refractivity contribution in [2.45, 2.75) is 45.1 Å². The molecule has 1 atom stereocenters. The molecular weight excluding hydrogens is 202 g/mol. The Morgan fingerprint density at radius 3 is 2.75 bits per heavy atom. The van der Waals surface area contributed by atoms with Crippen LogP contribution in [-0.4, -0.2) is 19.1 Å². The average Bonchev–Trinajstić information content (AvgIpc) is 2.35. The number of unbranched alkanes of at least 4 members (excludes halogenated alkanes) is 1. The van der Waals surface area contributed by atoms with Crippen molar-refractivity contribution in [1.82, 2.24) is 0 Å². The number of rotatable bonds is 5. The number of carbonyl (C=O) groups is 1. The predicted octanol–water partition coefficient (Wildman–Crippen LogP) is 2.32. The molecule has 90 valence electrons. The third-order valence-electron chi connectivity index (χ3n) is 2.97. The van der Waals surface area contributed by atoms with Gasteiger partial charge in [-0.05, 0) is 19.3 Å². The third kappa shape index (κ3) is 3.49. The smallest absolute Gasteiger partial charge is 0.333 e. The van der Waals surface area contributed by atoms with Gasteiger partial charge < -0.3 is 10.5 Å². The van der Waals surface area contributed by atoms with Crippen LogP contribution in [0.5, 0.6) is 0 Å². The normalized spacial score (nSPS) is 17.4. The van der Waals surface area contributed by atoms with E-state index in [0.29, 0.717) is 0 Å². The van der Waals surface area contributed by atoms with Crippen molar-refractivity contribution in [3.05, 3.63) is 23.3 Å². The maximum atomic E-state index is 11.3. The molecule has 0 heterocycles. The second kappa shape index (κ2) is 6.48. The lowest BCUT2D eigenvalue weighted by Crippen LogP contribution is -2.24. The summed E-state index contributed by atoms with van der Waals surface area (Å²) in [5, 5.41) is 0. The number of carbonyl (C=O) groups excluding carboxylic acids is 1. The molecule has 3 nitrogen and oxygen atoms in total. The van der Waals surface area contributed by atoms with E-state index in [0.717, 1.165) is 31.3 Å². The lowest BCUT2D eigenvalue weighted by atomic mass is 9.91. The number of esters is 1. The Bertz CT molecular complexity index is 305. The molecule has 1 aliphatic carbocycles. The number of methoxy groups -OCH3 is 1. The van der Waals surface area contributed by atoms with Gasteiger partial charge in [-0.15, -0.1) is 0 Å². The van der Waals surface area contributed by atoms with Crippen molar-refractivity contribution in [2.24, 2.45) is 5.73 Å². The molecule has 0 radical (unpaired) electrons. The lowest BCUT2D eigenvalue weighted by Gasteiger charge is -2.19. The zero-order valence-electron chi connectivity index (χ0n) is 10.2. The van der Waals surface area contributed by atoms with Gasteiger partial charge in [0.15, 0.2) is 0 Å². The van der Waals surface area contributed by atoms with Crippen molar-refractivity contribution in [1.29, 1.82) is 0 Å². The molecular formula is C13H21NO2. The van der Waals surface area contributed by atoms with Gasteiger partial charge in [0.25, 0.3) is 0 Å². The van der Waals surface area contributed by atoms with Gasteiger partial charge in [-0.3, -0.25) is 0 Å². The molecule has 3 heteroatoms. The van der Waals surface area contributed by atoms with Gasteiger partial charge >= 0.3 is 5.97 Å². The highest BCUT2D eigenvalue weighted by atomic mass is 16.5. The average molecular weight is 223 g/mol. The summed E-state index contributed by atoms with van der Waals surface area (Å²) in [6.07, 6.45) is 8.82. The molecule has 0 saturated carbocycles. The molecule has 1 aliphatic rings. The number of nitrogens with two attached hydrogens (primary N) is 1. The molecule has 0 aromatic heterocycles. The summed E-state index contributed by atoms with van der Waals surface area (Å²) in [6.45, 7) is 2.16. The first-order chi connectivity index (χ1) is 7.69. The van der Waals surface area contributed by atoms with E-state index in [1.165, 1.54) is 19.1 Å². The van der Waals surface area contributed by atoms with Gasteiger partial charge in [-0.2, -0.15) is 0 Å². The molecule has 1 unspecified atom stereocenters. The highest BCUT2D eigenvalue weighted by Gasteiger charge is 2.16. The van der Waals surface area contributed by atoms with E-state index in [2.05, 4.69) is 11.7 Å². The van der Waals surface area contributed by atoms with Crippen molar-refractivity contribution in [3.8, 4) is 0 Å². The summed E-state index contributed by atoms with van der Waals surface area (Å²) in [5.74, 6) is -0.225. The number of hydrogen-bond acceptors (Lipinski definition) is 3. The monoisotopic (exact) mass is 223 g/mol. The minimum absolute atomic E-state index is 0.149. The minimum atomic E-state index is -0.225. The summed E-state index contributed by atoms with van der Waals surface area (Å²) in [5.41, 5.74) is 8.07. The van der Waals surface area contributed by atoms with Crippen molar-refractivity contribution >= 4 is 5.97 Å². The van der Waals surface area contributed by atoms with E-state index in [-0.39, 0.29) is 12.0 Å². The minimum Gasteiger partial charge on any atom is -0.466 e. The van der Waals surface area contributed by atoms with Crippen molar-refractivity contribution in [2.75, 3.05) is 7.11 Å². The molecule has 16 heavy (non-hydrogen) atoms. The van der Waals surface area contributed by atoms with Gasteiger partial charge in [0.2, 0.25) is 0 Å². The first-order valence-corrected chi connectivity index (χ1v) is 5.92. The second-order valence-electron chi connectivity index (χ2n) is 4.17. The van der Waals surface area contributed by atoms with Crippen LogP contribution in [0, 0.1) is 0 Å². The van der Waals surface area contributed by atoms with Crippen molar-refractivity contribution < 1.29 is 9.53 Å². The Morgan fingerprint density at radius 2 is 2.25 bits per heavy atom. The standard InChI is InChI=1S/C13H21NO2/c1-3-4-5-12(14)10-6-8-11(9-7-10)13(15)16-2/h6,8,12H,3-5,7,9,14H2,1-2H3. The van der Waals surface area contributed by atoms with Gasteiger partial charge in [-0.1, -0.05) is 37.5 Å². The second-order valence-corrected chi connectivity index (χ2v) is 4.17. The van der Waals surface area contributed by atoms with Gasteiger partial charge in [-0.25, -0.2) is 4.79 Å². The molecule has 0 saturated heterocycles. The number of allylic oxidation sites excluding steroid dienone is 2. The van der Waals surface area contributed by atoms with Crippen LogP contribution in [0.15, 0.2) is 23.3 Å². The van der Waals surface area contributed by atoms with Crippen LogP contribution >= 0.6 is 0 Å². The summed E-state index contributed by atoms with van der Waals surface area (Å²) in [4.78, 5) is 11.3. The van der Waals surface area contributed by atoms with Crippen LogP contribution < -0.4 is 5.73 Å². The first-order valence-electron chi connectivity index (χ1n) is 5.92. The van der Waals surface area contributed by atoms with Crippen LogP contribution in [0.2, 0.25) is 0 Å². The molecule has 0 aliphatic heterocycles. The SMILES string of the molecule is CCCCC(N)C1=CC=C(C(=O)OC)CC1. The Labute approximate surface area is 97.3 Å². The Hall–Kier alpha value is -1.09. The van der Waals surface area contributed by atoms with Crippen LogP contribution in [-0.2, 0) is 9.53 Å².